The molecule has 1 N–H and O–H groups in total. The zero-order valence-corrected chi connectivity index (χ0v) is 34.0. The lowest BCUT2D eigenvalue weighted by Crippen LogP contribution is -2.68. The van der Waals surface area contributed by atoms with Gasteiger partial charge in [-0.05, 0) is 94.0 Å². The molecule has 2 fully saturated rings. The van der Waals surface area contributed by atoms with E-state index in [1.807, 2.05) is 0 Å². The van der Waals surface area contributed by atoms with Crippen LogP contribution in [0.1, 0.15) is 80.1 Å². The number of carbonyl (C=O) groups is 2. The monoisotopic (exact) mass is 798 g/mol. The maximum absolute atomic E-state index is 12.7. The molecule has 0 aromatic heterocycles. The van der Waals surface area contributed by atoms with Gasteiger partial charge in [0.2, 0.25) is 5.78 Å². The number of aliphatic hydroxyl groups is 1. The highest BCUT2D eigenvalue weighted by Gasteiger charge is 2.56. The van der Waals surface area contributed by atoms with Gasteiger partial charge in [0.05, 0.1) is 25.7 Å². The second-order valence-electron chi connectivity index (χ2n) is 15.4. The van der Waals surface area contributed by atoms with Crippen molar-refractivity contribution in [2.75, 3.05) is 7.11 Å². The Morgan fingerprint density at radius 3 is 2.09 bits per heavy atom. The normalized spacial score (nSPS) is 27.4. The highest BCUT2D eigenvalue weighted by atomic mass is 127. The predicted octanol–water partition coefficient (Wildman–Crippen LogP) is 7.31. The molecule has 2 heterocycles. The van der Waals surface area contributed by atoms with Gasteiger partial charge in [0.25, 0.3) is 0 Å². The molecule has 0 radical (unpaired) electrons. The Morgan fingerprint density at radius 1 is 1.02 bits per heavy atom. The van der Waals surface area contributed by atoms with Crippen molar-refractivity contribution in [2.24, 2.45) is 0 Å². The number of rotatable bonds is 12. The molecule has 0 aromatic carbocycles. The molecule has 0 saturated carbocycles. The van der Waals surface area contributed by atoms with Crippen molar-refractivity contribution in [2.45, 2.75) is 164 Å². The fourth-order valence-electron chi connectivity index (χ4n) is 4.88. The summed E-state index contributed by atoms with van der Waals surface area (Å²) in [6.07, 6.45) is -2.17. The van der Waals surface area contributed by atoms with Crippen molar-refractivity contribution >= 4 is 62.6 Å². The first kappa shape index (κ1) is 40.9. The maximum Gasteiger partial charge on any atom is 0.308 e. The van der Waals surface area contributed by atoms with Gasteiger partial charge in [0, 0.05) is 11.8 Å². The quantitative estimate of drug-likeness (QED) is 0.0549. The van der Waals surface area contributed by atoms with Gasteiger partial charge in [-0.15, -0.1) is 11.6 Å². The third kappa shape index (κ3) is 11.7. The van der Waals surface area contributed by atoms with Crippen LogP contribution in [0, 0.1) is 11.8 Å². The van der Waals surface area contributed by atoms with Crippen molar-refractivity contribution in [3.05, 3.63) is 10.2 Å². The summed E-state index contributed by atoms with van der Waals surface area (Å²) in [5, 5.41) is 11.1. The Morgan fingerprint density at radius 2 is 1.58 bits per heavy atom. The summed E-state index contributed by atoms with van der Waals surface area (Å²) in [5.74, 6) is 4.79. The molecule has 12 heteroatoms. The summed E-state index contributed by atoms with van der Waals surface area (Å²) >= 11 is 8.47. The molecule has 2 saturated heterocycles. The van der Waals surface area contributed by atoms with Crippen LogP contribution >= 0.6 is 34.2 Å². The molecular formula is C33H56ClIO8Si2. The molecule has 0 bridgehead atoms. The van der Waals surface area contributed by atoms with Gasteiger partial charge in [-0.2, -0.15) is 0 Å². The van der Waals surface area contributed by atoms with Crippen LogP contribution in [-0.4, -0.2) is 88.7 Å². The minimum absolute atomic E-state index is 0.118. The van der Waals surface area contributed by atoms with Gasteiger partial charge < -0.3 is 28.2 Å². The van der Waals surface area contributed by atoms with Crippen LogP contribution in [0.2, 0.25) is 36.3 Å². The number of fused-ring (bicyclic) bond motifs is 1. The van der Waals surface area contributed by atoms with E-state index in [-0.39, 0.29) is 46.2 Å². The van der Waals surface area contributed by atoms with Crippen LogP contribution in [-0.2, 0) is 32.7 Å². The van der Waals surface area contributed by atoms with E-state index < -0.39 is 53.3 Å². The van der Waals surface area contributed by atoms with Crippen molar-refractivity contribution in [3.8, 4) is 11.8 Å². The van der Waals surface area contributed by atoms with E-state index in [4.69, 9.17) is 34.7 Å². The Kier molecular flexibility index (Phi) is 14.9. The Hall–Kier alpha value is -0.306. The molecule has 0 aliphatic carbocycles. The average molecular weight is 799 g/mol. The average Bonchev–Trinajstić information content (AvgIpc) is 2.89. The van der Waals surface area contributed by atoms with E-state index in [2.05, 4.69) is 109 Å². The number of methoxy groups -OCH3 is 1. The van der Waals surface area contributed by atoms with E-state index in [0.29, 0.717) is 25.7 Å². The van der Waals surface area contributed by atoms with Gasteiger partial charge in [-0.25, -0.2) is 0 Å². The Balaban J connectivity index is 2.52. The van der Waals surface area contributed by atoms with Gasteiger partial charge in [0.15, 0.2) is 16.6 Å². The summed E-state index contributed by atoms with van der Waals surface area (Å²) in [6.45, 7) is 25.5. The van der Waals surface area contributed by atoms with E-state index >= 15 is 0 Å². The summed E-state index contributed by atoms with van der Waals surface area (Å²) in [6, 6.07) is 0. The standard InChI is InChI=1S/C33H56ClIO8Si2/c1-21(35)19-22(34)13-14-23(36)15-17-25(37)28-30(42-44(9,10)32(2,3)4)31(43-45(11,12)33(5,6)7)29-26(41-28)18-16-24(40-29)20-27(38)39-8/h22,24-26,28-31,37H,1,13-14,16,18-20H2,2-12H3/t22-,24?,25?,26+,28?,29+,30?,31?/m1/s1. The van der Waals surface area contributed by atoms with Crippen molar-refractivity contribution in [1.82, 2.24) is 0 Å². The fraction of sp³-hybridized carbons (Fsp3) is 0.818. The molecule has 2 rings (SSSR count). The number of ketones is 1. The van der Waals surface area contributed by atoms with E-state index in [9.17, 15) is 14.7 Å². The molecule has 258 valence electrons. The van der Waals surface area contributed by atoms with Crippen LogP contribution < -0.4 is 0 Å². The summed E-state index contributed by atoms with van der Waals surface area (Å²) < 4.78 is 33.2. The number of aliphatic hydroxyl groups excluding tert-OH is 1. The molecule has 5 unspecified atom stereocenters. The minimum atomic E-state index is -2.46. The molecule has 45 heavy (non-hydrogen) atoms. The topological polar surface area (TPSA) is 101 Å². The van der Waals surface area contributed by atoms with Gasteiger partial charge in [-0.1, -0.05) is 54.0 Å². The zero-order valence-electron chi connectivity index (χ0n) is 29.1. The number of alkyl halides is 1. The van der Waals surface area contributed by atoms with Crippen LogP contribution in [0.3, 0.4) is 0 Å². The van der Waals surface area contributed by atoms with E-state index in [1.165, 1.54) is 7.11 Å². The van der Waals surface area contributed by atoms with Crippen LogP contribution in [0.4, 0.5) is 0 Å². The maximum atomic E-state index is 12.7. The van der Waals surface area contributed by atoms with Crippen LogP contribution in [0.15, 0.2) is 10.2 Å². The Labute approximate surface area is 292 Å². The van der Waals surface area contributed by atoms with Gasteiger partial charge in [-0.3, -0.25) is 9.59 Å². The molecule has 0 amide bonds. The molecular weight excluding hydrogens is 743 g/mol. The van der Waals surface area contributed by atoms with Crippen LogP contribution in [0.5, 0.6) is 0 Å². The molecule has 8 nitrogen and oxygen atoms in total. The lowest BCUT2D eigenvalue weighted by molar-refractivity contribution is -0.267. The SMILES string of the molecule is C=C(I)C[C@H](Cl)CCC(=O)C#CC(O)C1O[C@H]2CCC(CC(=O)OC)O[C@@H]2C(O[Si](C)(C)C(C)(C)C)C1O[Si](C)(C)C(C)(C)C. The number of carbonyl (C=O) groups excluding carboxylic acids is 2. The molecule has 8 atom stereocenters. The third-order valence-electron chi connectivity index (χ3n) is 9.69. The van der Waals surface area contributed by atoms with Gasteiger partial charge >= 0.3 is 5.97 Å². The largest absolute Gasteiger partial charge is 0.469 e. The first-order valence-corrected chi connectivity index (χ1v) is 23.3. The van der Waals surface area contributed by atoms with Crippen molar-refractivity contribution < 1.29 is 37.8 Å². The first-order valence-electron chi connectivity index (χ1n) is 15.9. The number of halogens is 2. The predicted molar refractivity (Wildman–Crippen MR) is 193 cm³/mol. The smallest absolute Gasteiger partial charge is 0.308 e. The first-order chi connectivity index (χ1) is 20.5. The fourth-order valence-corrected chi connectivity index (χ4v) is 8.58. The Bertz CT molecular complexity index is 1110. The molecule has 2 aliphatic heterocycles. The molecule has 2 aliphatic rings. The highest BCUT2D eigenvalue weighted by molar-refractivity contribution is 14.1. The molecule has 0 spiro atoms. The number of Topliss-reactive ketones (excluding diaryl/α,β-unsaturated/α-hetero) is 1. The summed E-state index contributed by atoms with van der Waals surface area (Å²) in [4.78, 5) is 24.9. The lowest BCUT2D eigenvalue weighted by atomic mass is 9.87. The van der Waals surface area contributed by atoms with Crippen molar-refractivity contribution in [3.63, 3.8) is 0 Å². The molecule has 0 aromatic rings. The van der Waals surface area contributed by atoms with Crippen LogP contribution in [0.25, 0.3) is 0 Å². The summed E-state index contributed by atoms with van der Waals surface area (Å²) in [5.41, 5.74) is 0. The number of hydrogen-bond donors (Lipinski definition) is 1. The number of ether oxygens (including phenoxy) is 3. The second-order valence-corrected chi connectivity index (χ2v) is 27.1. The van der Waals surface area contributed by atoms with Gasteiger partial charge in [0.1, 0.15) is 30.5 Å². The van der Waals surface area contributed by atoms with E-state index in [1.54, 1.807) is 0 Å². The number of esters is 1. The minimum Gasteiger partial charge on any atom is -0.469 e. The zero-order chi connectivity index (χ0) is 34.5. The summed E-state index contributed by atoms with van der Waals surface area (Å²) in [7, 11) is -3.49. The number of hydrogen-bond acceptors (Lipinski definition) is 8. The van der Waals surface area contributed by atoms with E-state index in [0.717, 1.165) is 3.58 Å². The lowest BCUT2D eigenvalue weighted by Gasteiger charge is -2.55. The number of allylic oxidation sites excluding steroid dienone is 1. The highest BCUT2D eigenvalue weighted by Crippen LogP contribution is 2.45. The third-order valence-corrected chi connectivity index (χ3v) is 19.4. The van der Waals surface area contributed by atoms with Crippen molar-refractivity contribution in [1.29, 1.82) is 0 Å². The second kappa shape index (κ2) is 16.4.